The molecule has 0 bridgehead atoms. The highest BCUT2D eigenvalue weighted by Gasteiger charge is 2.43. The van der Waals surface area contributed by atoms with E-state index in [4.69, 9.17) is 4.74 Å². The molecule has 7 nitrogen and oxygen atoms in total. The van der Waals surface area contributed by atoms with E-state index in [-0.39, 0.29) is 13.1 Å². The Balaban J connectivity index is 1.48. The van der Waals surface area contributed by atoms with Crippen LogP contribution in [0.15, 0.2) is 83.9 Å². The van der Waals surface area contributed by atoms with Crippen molar-refractivity contribution in [1.29, 1.82) is 0 Å². The van der Waals surface area contributed by atoms with Gasteiger partial charge in [-0.1, -0.05) is 60.2 Å². The summed E-state index contributed by atoms with van der Waals surface area (Å²) >= 11 is 0. The highest BCUT2D eigenvalue weighted by Crippen LogP contribution is 2.45. The van der Waals surface area contributed by atoms with Crippen molar-refractivity contribution in [3.8, 4) is 0 Å². The number of aliphatic carboxylic acids is 1. The third kappa shape index (κ3) is 4.55. The molecule has 1 unspecified atom stereocenters. The van der Waals surface area contributed by atoms with Crippen molar-refractivity contribution in [2.75, 3.05) is 13.2 Å². The first-order valence-corrected chi connectivity index (χ1v) is 13.3. The molecule has 0 spiro atoms. The summed E-state index contributed by atoms with van der Waals surface area (Å²) < 4.78 is 36.3. The fourth-order valence-electron chi connectivity index (χ4n) is 4.95. The molecule has 0 amide bonds. The molecule has 3 aromatic carbocycles. The Morgan fingerprint density at radius 2 is 1.75 bits per heavy atom. The number of carboxylic acids is 1. The van der Waals surface area contributed by atoms with Crippen LogP contribution in [0.1, 0.15) is 34.7 Å². The van der Waals surface area contributed by atoms with Crippen molar-refractivity contribution in [3.05, 3.63) is 101 Å². The molecule has 5 rings (SSSR count). The number of ether oxygens (including phenoxy) is 1. The molecule has 1 aliphatic heterocycles. The number of hydrogen-bond acceptors (Lipinski definition) is 4. The Labute approximate surface area is 210 Å². The third-order valence-corrected chi connectivity index (χ3v) is 8.47. The summed E-state index contributed by atoms with van der Waals surface area (Å²) in [5.74, 6) is -0.953. The Bertz CT molecular complexity index is 1510. The normalized spacial score (nSPS) is 16.9. The van der Waals surface area contributed by atoms with Crippen molar-refractivity contribution >= 4 is 26.9 Å². The van der Waals surface area contributed by atoms with E-state index >= 15 is 0 Å². The molecule has 4 aromatic rings. The summed E-state index contributed by atoms with van der Waals surface area (Å²) in [6.07, 6.45) is 2.32. The number of aryl methyl sites for hydroxylation is 1. The Morgan fingerprint density at radius 3 is 2.53 bits per heavy atom. The molecule has 1 aromatic heterocycles. The highest BCUT2D eigenvalue weighted by molar-refractivity contribution is 7.89. The molecule has 1 atom stereocenters. The first kappa shape index (κ1) is 24.2. The minimum Gasteiger partial charge on any atom is -0.480 e. The zero-order valence-corrected chi connectivity index (χ0v) is 20.8. The number of nitrogens with zero attached hydrogens (tertiary/aromatic N) is 2. The minimum atomic E-state index is -3.72. The van der Waals surface area contributed by atoms with Gasteiger partial charge in [0, 0.05) is 35.8 Å². The second-order valence-corrected chi connectivity index (χ2v) is 10.9. The van der Waals surface area contributed by atoms with E-state index in [0.717, 1.165) is 27.6 Å². The van der Waals surface area contributed by atoms with Crippen molar-refractivity contribution in [2.45, 2.75) is 37.4 Å². The lowest BCUT2D eigenvalue weighted by Crippen LogP contribution is -2.30. The second-order valence-electron chi connectivity index (χ2n) is 9.07. The van der Waals surface area contributed by atoms with Crippen LogP contribution < -0.4 is 0 Å². The van der Waals surface area contributed by atoms with Gasteiger partial charge in [0.1, 0.15) is 6.54 Å². The maximum absolute atomic E-state index is 13.6. The average Bonchev–Trinajstić information content (AvgIpc) is 3.30. The fraction of sp³-hybridized carbons (Fsp3) is 0.250. The summed E-state index contributed by atoms with van der Waals surface area (Å²) in [6.45, 7) is 2.95. The van der Waals surface area contributed by atoms with E-state index in [1.165, 1.54) is 4.31 Å². The first-order chi connectivity index (χ1) is 17.4. The standard InChI is InChI=1S/C28H28N2O5S/c1-20-12-13-25-23(16-20)24(17-29(25)18-27(31)32)28-22-10-5-6-11-26(22)36(33,34)30(28)14-7-15-35-19-21-8-3-2-4-9-21/h2-6,8-13,16-17,28H,7,14-15,18-19H2,1H3,(H,31,32). The molecule has 186 valence electrons. The van der Waals surface area contributed by atoms with Gasteiger partial charge in [-0.15, -0.1) is 0 Å². The van der Waals surface area contributed by atoms with E-state index in [2.05, 4.69) is 0 Å². The van der Waals surface area contributed by atoms with Crippen molar-refractivity contribution < 1.29 is 23.1 Å². The van der Waals surface area contributed by atoms with E-state index in [1.54, 1.807) is 22.9 Å². The van der Waals surface area contributed by atoms with Gasteiger partial charge in [0.05, 0.1) is 17.5 Å². The third-order valence-electron chi connectivity index (χ3n) is 6.53. The van der Waals surface area contributed by atoms with Crippen LogP contribution in [0.25, 0.3) is 10.9 Å². The summed E-state index contributed by atoms with van der Waals surface area (Å²) in [4.78, 5) is 11.8. The van der Waals surface area contributed by atoms with Crippen LogP contribution in [0.4, 0.5) is 0 Å². The lowest BCUT2D eigenvalue weighted by atomic mass is 9.97. The zero-order valence-electron chi connectivity index (χ0n) is 20.0. The molecule has 0 radical (unpaired) electrons. The molecule has 8 heteroatoms. The molecule has 2 heterocycles. The number of hydrogen-bond donors (Lipinski definition) is 1. The molecular weight excluding hydrogens is 476 g/mol. The smallest absolute Gasteiger partial charge is 0.323 e. The minimum absolute atomic E-state index is 0.200. The van der Waals surface area contributed by atoms with Gasteiger partial charge in [0.15, 0.2) is 0 Å². The van der Waals surface area contributed by atoms with Gasteiger partial charge in [-0.25, -0.2) is 8.42 Å². The maximum Gasteiger partial charge on any atom is 0.323 e. The van der Waals surface area contributed by atoms with E-state index in [1.807, 2.05) is 67.6 Å². The number of carboxylic acid groups (broad SMARTS) is 1. The second kappa shape index (κ2) is 9.89. The zero-order chi connectivity index (χ0) is 25.3. The number of carbonyl (C=O) groups is 1. The average molecular weight is 505 g/mol. The van der Waals surface area contributed by atoms with Gasteiger partial charge >= 0.3 is 5.97 Å². The lowest BCUT2D eigenvalue weighted by Gasteiger charge is -2.23. The molecular formula is C28H28N2O5S. The molecule has 0 saturated heterocycles. The SMILES string of the molecule is Cc1ccc2c(c1)c(C1c3ccccc3S(=O)(=O)N1CCCOCc1ccccc1)cn2CC(=O)O. The van der Waals surface area contributed by atoms with Gasteiger partial charge < -0.3 is 14.4 Å². The number of aromatic nitrogens is 1. The molecule has 1 N–H and O–H groups in total. The summed E-state index contributed by atoms with van der Waals surface area (Å²) in [5, 5.41) is 10.3. The number of benzene rings is 3. The van der Waals surface area contributed by atoms with Crippen molar-refractivity contribution in [3.63, 3.8) is 0 Å². The summed E-state index contributed by atoms with van der Waals surface area (Å²) in [7, 11) is -3.72. The molecule has 0 saturated carbocycles. The van der Waals surface area contributed by atoms with Crippen LogP contribution >= 0.6 is 0 Å². The van der Waals surface area contributed by atoms with Crippen LogP contribution in [0.5, 0.6) is 0 Å². The summed E-state index contributed by atoms with van der Waals surface area (Å²) in [5.41, 5.74) is 4.35. The van der Waals surface area contributed by atoms with Crippen molar-refractivity contribution in [2.24, 2.45) is 0 Å². The highest BCUT2D eigenvalue weighted by atomic mass is 32.2. The fourth-order valence-corrected chi connectivity index (χ4v) is 6.81. The van der Waals surface area contributed by atoms with Crippen LogP contribution in [-0.4, -0.2) is 41.5 Å². The van der Waals surface area contributed by atoms with Crippen LogP contribution in [-0.2, 0) is 32.7 Å². The molecule has 0 aliphatic carbocycles. The van der Waals surface area contributed by atoms with Gasteiger partial charge in [-0.3, -0.25) is 4.79 Å². The van der Waals surface area contributed by atoms with Gasteiger partial charge in [0.25, 0.3) is 0 Å². The summed E-state index contributed by atoms with van der Waals surface area (Å²) in [6, 6.07) is 22.2. The first-order valence-electron chi connectivity index (χ1n) is 11.9. The molecule has 0 fully saturated rings. The van der Waals surface area contributed by atoms with Crippen molar-refractivity contribution in [1.82, 2.24) is 8.87 Å². The van der Waals surface area contributed by atoms with Gasteiger partial charge in [-0.05, 0) is 42.7 Å². The van der Waals surface area contributed by atoms with Crippen LogP contribution in [0.3, 0.4) is 0 Å². The predicted octanol–water partition coefficient (Wildman–Crippen LogP) is 4.73. The number of fused-ring (bicyclic) bond motifs is 2. The van der Waals surface area contributed by atoms with E-state index in [9.17, 15) is 18.3 Å². The van der Waals surface area contributed by atoms with Crippen LogP contribution in [0, 0.1) is 6.92 Å². The van der Waals surface area contributed by atoms with E-state index < -0.39 is 22.0 Å². The Morgan fingerprint density at radius 1 is 1.00 bits per heavy atom. The Kier molecular flexibility index (Phi) is 6.66. The Hall–Kier alpha value is -3.46. The number of sulfonamides is 1. The lowest BCUT2D eigenvalue weighted by molar-refractivity contribution is -0.137. The van der Waals surface area contributed by atoms with Gasteiger partial charge in [-0.2, -0.15) is 4.31 Å². The molecule has 1 aliphatic rings. The topological polar surface area (TPSA) is 88.8 Å². The van der Waals surface area contributed by atoms with Gasteiger partial charge in [0.2, 0.25) is 10.0 Å². The monoisotopic (exact) mass is 504 g/mol. The largest absolute Gasteiger partial charge is 0.480 e. The quantitative estimate of drug-likeness (QED) is 0.333. The predicted molar refractivity (Wildman–Crippen MR) is 137 cm³/mol. The maximum atomic E-state index is 13.6. The van der Waals surface area contributed by atoms with Crippen LogP contribution in [0.2, 0.25) is 0 Å². The van der Waals surface area contributed by atoms with E-state index in [0.29, 0.717) is 30.1 Å². The number of rotatable bonds is 9. The molecule has 36 heavy (non-hydrogen) atoms.